The van der Waals surface area contributed by atoms with E-state index >= 15 is 0 Å². The van der Waals surface area contributed by atoms with Crippen LogP contribution in [0.15, 0.2) is 95.2 Å². The minimum absolute atomic E-state index is 0.0316. The van der Waals surface area contributed by atoms with Crippen molar-refractivity contribution >= 4 is 6.29 Å². The van der Waals surface area contributed by atoms with E-state index in [0.29, 0.717) is 50.3 Å². The monoisotopic (exact) mass is 728 g/mol. The molecule has 8 heteroatoms. The Bertz CT molecular complexity index is 1590. The lowest BCUT2D eigenvalue weighted by Gasteiger charge is -2.61. The first-order chi connectivity index (χ1) is 25.5. The SMILES string of the molecule is C=C(/C=C/C=C(/COCO)[C@@H]1CC[C@]2([C@@H]1O)[C@@H]1C(=C(C)C=O)[C@@H](C=C[C@H]1CCO)C[C@]2(O)CCNC)[C@H]1C/C=C(\C)CN[C@@H](C)Cc2cccc(c2)C1. The molecule has 1 aliphatic heterocycles. The number of ether oxygens (including phenoxy) is 1. The summed E-state index contributed by atoms with van der Waals surface area (Å²) in [6.07, 6.45) is 17.8. The summed E-state index contributed by atoms with van der Waals surface area (Å²) in [7, 11) is 1.87. The summed E-state index contributed by atoms with van der Waals surface area (Å²) < 4.78 is 5.60. The van der Waals surface area contributed by atoms with Gasteiger partial charge in [-0.05, 0) is 126 Å². The van der Waals surface area contributed by atoms with E-state index in [1.165, 1.54) is 16.7 Å². The molecule has 2 saturated carbocycles. The van der Waals surface area contributed by atoms with Crippen LogP contribution < -0.4 is 10.6 Å². The maximum atomic E-state index is 12.8. The van der Waals surface area contributed by atoms with Crippen LogP contribution in [0.2, 0.25) is 0 Å². The summed E-state index contributed by atoms with van der Waals surface area (Å²) in [5, 5.41) is 52.3. The van der Waals surface area contributed by atoms with Crippen molar-refractivity contribution in [2.75, 3.05) is 40.1 Å². The molecule has 1 aromatic carbocycles. The third kappa shape index (κ3) is 8.97. The number of hydrogen-bond acceptors (Lipinski definition) is 8. The fourth-order valence-electron chi connectivity index (χ4n) is 10.2. The molecule has 8 nitrogen and oxygen atoms in total. The molecule has 4 bridgehead atoms. The number of nitrogens with one attached hydrogen (secondary N) is 2. The minimum Gasteiger partial charge on any atom is -0.396 e. The molecule has 1 spiro atoms. The molecule has 6 N–H and O–H groups in total. The summed E-state index contributed by atoms with van der Waals surface area (Å²) >= 11 is 0. The van der Waals surface area contributed by atoms with Crippen molar-refractivity contribution in [3.8, 4) is 0 Å². The number of fused-ring (bicyclic) bond motifs is 5. The van der Waals surface area contributed by atoms with Gasteiger partial charge in [-0.3, -0.25) is 4.79 Å². The maximum absolute atomic E-state index is 12.8. The van der Waals surface area contributed by atoms with E-state index in [-0.39, 0.29) is 42.8 Å². The van der Waals surface area contributed by atoms with E-state index in [2.05, 4.69) is 79.6 Å². The van der Waals surface area contributed by atoms with Gasteiger partial charge in [0.2, 0.25) is 0 Å². The third-order valence-electron chi connectivity index (χ3n) is 12.9. The zero-order valence-electron chi connectivity index (χ0n) is 32.4. The number of rotatable bonds is 13. The molecule has 290 valence electrons. The number of aliphatic hydroxyl groups excluding tert-OH is 3. The predicted molar refractivity (Wildman–Crippen MR) is 212 cm³/mol. The Morgan fingerprint density at radius 3 is 2.68 bits per heavy atom. The van der Waals surface area contributed by atoms with Crippen LogP contribution in [-0.4, -0.2) is 84.6 Å². The van der Waals surface area contributed by atoms with E-state index in [4.69, 9.17) is 4.74 Å². The molecule has 3 aliphatic carbocycles. The van der Waals surface area contributed by atoms with Gasteiger partial charge in [0.05, 0.1) is 18.3 Å². The Morgan fingerprint density at radius 2 is 1.96 bits per heavy atom. The van der Waals surface area contributed by atoms with Crippen LogP contribution in [0.4, 0.5) is 0 Å². The Labute approximate surface area is 317 Å². The molecule has 0 radical (unpaired) electrons. The molecular weight excluding hydrogens is 665 g/mol. The smallest absolute Gasteiger partial charge is 0.145 e. The average molecular weight is 729 g/mol. The summed E-state index contributed by atoms with van der Waals surface area (Å²) in [5.74, 6) is -0.706. The normalized spacial score (nSPS) is 35.4. The van der Waals surface area contributed by atoms with Crippen molar-refractivity contribution in [2.45, 2.75) is 89.9 Å². The first-order valence-corrected chi connectivity index (χ1v) is 19.7. The van der Waals surface area contributed by atoms with Crippen molar-refractivity contribution < 1.29 is 30.0 Å². The number of carbonyl (C=O) groups is 1. The van der Waals surface area contributed by atoms with Gasteiger partial charge in [0.25, 0.3) is 0 Å². The van der Waals surface area contributed by atoms with Gasteiger partial charge in [-0.2, -0.15) is 0 Å². The molecule has 0 amide bonds. The van der Waals surface area contributed by atoms with E-state index in [1.807, 2.05) is 26.1 Å². The summed E-state index contributed by atoms with van der Waals surface area (Å²) in [4.78, 5) is 12.3. The molecule has 0 aromatic heterocycles. The van der Waals surface area contributed by atoms with E-state index in [1.54, 1.807) is 0 Å². The molecule has 4 aliphatic rings. The summed E-state index contributed by atoms with van der Waals surface area (Å²) in [5.41, 5.74) is 5.25. The van der Waals surface area contributed by atoms with Gasteiger partial charge in [0, 0.05) is 36.4 Å². The van der Waals surface area contributed by atoms with E-state index < -0.39 is 23.9 Å². The predicted octanol–water partition coefficient (Wildman–Crippen LogP) is 5.54. The van der Waals surface area contributed by atoms with Crippen LogP contribution in [0.1, 0.15) is 70.4 Å². The lowest BCUT2D eigenvalue weighted by molar-refractivity contribution is -0.194. The Kier molecular flexibility index (Phi) is 14.5. The van der Waals surface area contributed by atoms with Crippen molar-refractivity contribution in [3.63, 3.8) is 0 Å². The molecular formula is C45H64N2O6. The first-order valence-electron chi connectivity index (χ1n) is 19.7. The van der Waals surface area contributed by atoms with E-state index in [0.717, 1.165) is 48.8 Å². The van der Waals surface area contributed by atoms with Crippen LogP contribution >= 0.6 is 0 Å². The molecule has 0 saturated heterocycles. The maximum Gasteiger partial charge on any atom is 0.145 e. The zero-order chi connectivity index (χ0) is 38.2. The van der Waals surface area contributed by atoms with Crippen LogP contribution in [-0.2, 0) is 22.4 Å². The lowest BCUT2D eigenvalue weighted by atomic mass is 9.45. The molecule has 1 aromatic rings. The first kappa shape index (κ1) is 41.2. The molecule has 0 unspecified atom stereocenters. The third-order valence-corrected chi connectivity index (χ3v) is 12.9. The van der Waals surface area contributed by atoms with Gasteiger partial charge in [-0.15, -0.1) is 0 Å². The van der Waals surface area contributed by atoms with E-state index in [9.17, 15) is 25.2 Å². The summed E-state index contributed by atoms with van der Waals surface area (Å²) in [6, 6.07) is 9.26. The second-order valence-electron chi connectivity index (χ2n) is 16.3. The van der Waals surface area contributed by atoms with Gasteiger partial charge in [0.1, 0.15) is 13.1 Å². The molecule has 2 fully saturated rings. The summed E-state index contributed by atoms with van der Waals surface area (Å²) in [6.45, 7) is 11.9. The Balaban J connectivity index is 1.48. The number of aliphatic hydroxyl groups is 4. The second kappa shape index (κ2) is 18.6. The fourth-order valence-corrected chi connectivity index (χ4v) is 10.2. The number of hydrogen-bond donors (Lipinski definition) is 6. The van der Waals surface area contributed by atoms with Crippen molar-refractivity contribution in [1.82, 2.24) is 10.6 Å². The minimum atomic E-state index is -1.22. The highest BCUT2D eigenvalue weighted by molar-refractivity contribution is 5.74. The number of carbonyl (C=O) groups excluding carboxylic acids is 1. The molecule has 1 heterocycles. The standard InChI is InChI=1S/C45H64N2O6/c1-30-12-13-37(24-35-10-7-9-34(23-35)22-33(4)47-26-30)31(2)8-6-11-39(28-53-29-50)40-16-18-45(43(40)51)42-36(17-21-48)14-15-38(41(42)32(3)27-49)25-44(45,52)19-20-46-5/h6-12,14-15,23,27,33,36-38,40,42-43,46-48,50-52H,2,13,16-22,24-26,28-29H2,1,3-5H3/b8-6+,30-12+,39-11-,41-32?/t33-,36-,37-,38-,40-,42-,43+,44+,45+/m0/s1. The molecule has 53 heavy (non-hydrogen) atoms. The highest BCUT2D eigenvalue weighted by atomic mass is 16.6. The Hall–Kier alpha value is -2.95. The highest BCUT2D eigenvalue weighted by Crippen LogP contribution is 2.67. The quantitative estimate of drug-likeness (QED) is 0.0514. The highest BCUT2D eigenvalue weighted by Gasteiger charge is 2.68. The number of benzene rings is 1. The number of allylic oxidation sites excluding steroid dienone is 9. The van der Waals surface area contributed by atoms with Gasteiger partial charge < -0.3 is 35.8 Å². The largest absolute Gasteiger partial charge is 0.396 e. The topological polar surface area (TPSA) is 131 Å². The van der Waals surface area contributed by atoms with Crippen molar-refractivity contribution in [3.05, 3.63) is 106 Å². The van der Waals surface area contributed by atoms with Gasteiger partial charge in [-0.25, -0.2) is 0 Å². The van der Waals surface area contributed by atoms with Gasteiger partial charge >= 0.3 is 0 Å². The fraction of sp³-hybridized carbons (Fsp3) is 0.578. The van der Waals surface area contributed by atoms with Crippen LogP contribution in [0.25, 0.3) is 0 Å². The molecule has 5 rings (SSSR count). The lowest BCUT2D eigenvalue weighted by Crippen LogP contribution is -2.65. The van der Waals surface area contributed by atoms with Gasteiger partial charge in [-0.1, -0.05) is 84.0 Å². The number of aldehydes is 1. The Morgan fingerprint density at radius 1 is 1.19 bits per heavy atom. The van der Waals surface area contributed by atoms with Crippen LogP contribution in [0, 0.1) is 35.0 Å². The zero-order valence-corrected chi connectivity index (χ0v) is 32.4. The van der Waals surface area contributed by atoms with Crippen molar-refractivity contribution in [2.24, 2.45) is 35.0 Å². The average Bonchev–Trinajstić information content (AvgIpc) is 3.49. The van der Waals surface area contributed by atoms with Crippen LogP contribution in [0.3, 0.4) is 0 Å². The molecule has 9 atom stereocenters. The van der Waals surface area contributed by atoms with Crippen LogP contribution in [0.5, 0.6) is 0 Å². The van der Waals surface area contributed by atoms with Crippen molar-refractivity contribution in [1.29, 1.82) is 0 Å². The van der Waals surface area contributed by atoms with Gasteiger partial charge in [0.15, 0.2) is 0 Å². The second-order valence-corrected chi connectivity index (χ2v) is 16.3.